The summed E-state index contributed by atoms with van der Waals surface area (Å²) in [5, 5.41) is 9.30. The van der Waals surface area contributed by atoms with Gasteiger partial charge in [-0.3, -0.25) is 9.59 Å². The summed E-state index contributed by atoms with van der Waals surface area (Å²) in [5.74, 6) is 0.673. The maximum Gasteiger partial charge on any atom is 0.311 e. The predicted molar refractivity (Wildman–Crippen MR) is 102 cm³/mol. The summed E-state index contributed by atoms with van der Waals surface area (Å²) in [4.78, 5) is 23.1. The van der Waals surface area contributed by atoms with Crippen LogP contribution in [0.25, 0.3) is 0 Å². The van der Waals surface area contributed by atoms with Crippen LogP contribution in [0.5, 0.6) is 0 Å². The van der Waals surface area contributed by atoms with E-state index in [1.54, 1.807) is 0 Å². The summed E-state index contributed by atoms with van der Waals surface area (Å²) in [5.41, 5.74) is -0.544. The average Bonchev–Trinajstić information content (AvgIpc) is 2.61. The van der Waals surface area contributed by atoms with Gasteiger partial charge in [0.1, 0.15) is 0 Å². The largest absolute Gasteiger partial charge is 0.466 e. The van der Waals surface area contributed by atoms with Crippen LogP contribution in [0.15, 0.2) is 0 Å². The van der Waals surface area contributed by atoms with Crippen LogP contribution in [0, 0.1) is 16.7 Å². The normalized spacial score (nSPS) is 34.2. The van der Waals surface area contributed by atoms with E-state index >= 15 is 0 Å². The second-order valence-electron chi connectivity index (χ2n) is 8.48. The number of esters is 2. The van der Waals surface area contributed by atoms with Crippen molar-refractivity contribution in [2.24, 2.45) is 16.7 Å². The summed E-state index contributed by atoms with van der Waals surface area (Å²) in [7, 11) is 0. The van der Waals surface area contributed by atoms with Gasteiger partial charge in [-0.2, -0.15) is 0 Å². The van der Waals surface area contributed by atoms with E-state index in [1.807, 2.05) is 27.7 Å². The number of aliphatic hydroxyl groups excluding tert-OH is 1. The maximum atomic E-state index is 11.6. The molecule has 0 saturated heterocycles. The Morgan fingerprint density at radius 2 is 1.19 bits per heavy atom. The molecule has 152 valence electrons. The Morgan fingerprint density at radius 3 is 1.54 bits per heavy atom. The summed E-state index contributed by atoms with van der Waals surface area (Å²) < 4.78 is 10.1. The van der Waals surface area contributed by atoms with Gasteiger partial charge >= 0.3 is 11.9 Å². The lowest BCUT2D eigenvalue weighted by Crippen LogP contribution is -2.35. The number of rotatable bonds is 4. The second-order valence-corrected chi connectivity index (χ2v) is 8.48. The average molecular weight is 371 g/mol. The van der Waals surface area contributed by atoms with Gasteiger partial charge in [-0.1, -0.05) is 6.92 Å². The number of carbonyl (C=O) groups is 2. The summed E-state index contributed by atoms with van der Waals surface area (Å²) >= 11 is 0. The molecule has 0 spiro atoms. The minimum absolute atomic E-state index is 0.00176. The smallest absolute Gasteiger partial charge is 0.311 e. The molecule has 0 atom stereocenters. The summed E-state index contributed by atoms with van der Waals surface area (Å²) in [6.45, 7) is 10.9. The first-order valence-corrected chi connectivity index (χ1v) is 10.2. The molecule has 0 bridgehead atoms. The molecule has 0 aromatic heterocycles. The van der Waals surface area contributed by atoms with Crippen molar-refractivity contribution in [2.45, 2.75) is 92.1 Å². The highest BCUT2D eigenvalue weighted by Crippen LogP contribution is 2.39. The molecule has 0 aromatic rings. The molecule has 0 radical (unpaired) electrons. The van der Waals surface area contributed by atoms with Crippen LogP contribution in [0.4, 0.5) is 0 Å². The zero-order chi connectivity index (χ0) is 19.8. The number of aliphatic hydroxyl groups is 1. The zero-order valence-corrected chi connectivity index (χ0v) is 17.3. The minimum Gasteiger partial charge on any atom is -0.466 e. The Morgan fingerprint density at radius 1 is 0.846 bits per heavy atom. The molecule has 2 fully saturated rings. The molecule has 5 heteroatoms. The molecule has 0 aromatic carbocycles. The van der Waals surface area contributed by atoms with Gasteiger partial charge in [0.25, 0.3) is 0 Å². The van der Waals surface area contributed by atoms with Crippen molar-refractivity contribution < 1.29 is 24.2 Å². The first-order valence-electron chi connectivity index (χ1n) is 10.2. The highest BCUT2D eigenvalue weighted by atomic mass is 16.5. The zero-order valence-electron chi connectivity index (χ0n) is 17.3. The number of hydrogen-bond acceptors (Lipinski definition) is 5. The Hall–Kier alpha value is -1.10. The van der Waals surface area contributed by atoms with Crippen molar-refractivity contribution in [1.29, 1.82) is 0 Å². The van der Waals surface area contributed by atoms with Gasteiger partial charge in [0.15, 0.2) is 0 Å². The van der Waals surface area contributed by atoms with Crippen LogP contribution in [0.2, 0.25) is 0 Å². The van der Waals surface area contributed by atoms with Gasteiger partial charge in [-0.25, -0.2) is 0 Å². The fraction of sp³-hybridized carbons (Fsp3) is 0.905. The Balaban J connectivity index is 0.000000260. The van der Waals surface area contributed by atoms with Crippen molar-refractivity contribution in [2.75, 3.05) is 13.2 Å². The molecule has 2 aliphatic carbocycles. The minimum atomic E-state index is -0.352. The molecule has 26 heavy (non-hydrogen) atoms. The van der Waals surface area contributed by atoms with E-state index in [1.165, 1.54) is 0 Å². The van der Waals surface area contributed by atoms with Crippen molar-refractivity contribution in [3.63, 3.8) is 0 Å². The molecule has 2 saturated carbocycles. The van der Waals surface area contributed by atoms with Crippen LogP contribution in [-0.2, 0) is 19.1 Å². The topological polar surface area (TPSA) is 72.8 Å². The van der Waals surface area contributed by atoms with E-state index < -0.39 is 0 Å². The number of hydrogen-bond donors (Lipinski definition) is 1. The predicted octanol–water partition coefficient (Wildman–Crippen LogP) is 4.26. The number of ether oxygens (including phenoxy) is 2. The lowest BCUT2D eigenvalue weighted by Gasteiger charge is -2.33. The van der Waals surface area contributed by atoms with Crippen LogP contribution in [0.1, 0.15) is 86.0 Å². The van der Waals surface area contributed by atoms with Gasteiger partial charge in [-0.05, 0) is 85.0 Å². The molecule has 2 rings (SSSR count). The lowest BCUT2D eigenvalue weighted by molar-refractivity contribution is -0.158. The quantitative estimate of drug-likeness (QED) is 0.749. The van der Waals surface area contributed by atoms with E-state index in [0.717, 1.165) is 57.3 Å². The van der Waals surface area contributed by atoms with Crippen molar-refractivity contribution in [1.82, 2.24) is 0 Å². The van der Waals surface area contributed by atoms with Gasteiger partial charge in [-0.15, -0.1) is 0 Å². The van der Waals surface area contributed by atoms with Gasteiger partial charge in [0, 0.05) is 0 Å². The van der Waals surface area contributed by atoms with Crippen molar-refractivity contribution >= 4 is 11.9 Å². The monoisotopic (exact) mass is 370 g/mol. The van der Waals surface area contributed by atoms with Crippen LogP contribution < -0.4 is 0 Å². The third kappa shape index (κ3) is 6.57. The fourth-order valence-corrected chi connectivity index (χ4v) is 3.66. The van der Waals surface area contributed by atoms with E-state index in [2.05, 4.69) is 6.92 Å². The van der Waals surface area contributed by atoms with Gasteiger partial charge < -0.3 is 14.6 Å². The molecular formula is C21H38O5. The van der Waals surface area contributed by atoms with E-state index in [9.17, 15) is 14.7 Å². The third-order valence-electron chi connectivity index (χ3n) is 5.97. The molecule has 0 aliphatic heterocycles. The molecular weight excluding hydrogens is 332 g/mol. The lowest BCUT2D eigenvalue weighted by atomic mass is 9.72. The first-order chi connectivity index (χ1) is 12.2. The fourth-order valence-electron chi connectivity index (χ4n) is 3.66. The van der Waals surface area contributed by atoms with Gasteiger partial charge in [0.2, 0.25) is 0 Å². The highest BCUT2D eigenvalue weighted by molar-refractivity contribution is 5.76. The Labute approximate surface area is 158 Å². The second kappa shape index (κ2) is 10.3. The third-order valence-corrected chi connectivity index (χ3v) is 5.97. The van der Waals surface area contributed by atoms with Crippen LogP contribution >= 0.6 is 0 Å². The van der Waals surface area contributed by atoms with Crippen LogP contribution in [-0.4, -0.2) is 36.4 Å². The maximum absolute atomic E-state index is 11.6. The highest BCUT2D eigenvalue weighted by Gasteiger charge is 2.38. The van der Waals surface area contributed by atoms with Crippen LogP contribution in [0.3, 0.4) is 0 Å². The molecule has 1 N–H and O–H groups in total. The Kier molecular flexibility index (Phi) is 9.08. The molecule has 2 aliphatic rings. The van der Waals surface area contributed by atoms with E-state index in [0.29, 0.717) is 13.2 Å². The van der Waals surface area contributed by atoms with Gasteiger partial charge in [0.05, 0.1) is 30.1 Å². The Bertz CT molecular complexity index is 401. The van der Waals surface area contributed by atoms with Crippen molar-refractivity contribution in [3.8, 4) is 0 Å². The van der Waals surface area contributed by atoms with Crippen molar-refractivity contribution in [3.05, 3.63) is 0 Å². The molecule has 0 unspecified atom stereocenters. The molecule has 0 amide bonds. The SMILES string of the molecule is CCOC(=O)C1(C)CCC(C)CC1.CCOC(=O)C1(C)CCC(O)CC1. The summed E-state index contributed by atoms with van der Waals surface area (Å²) in [6, 6.07) is 0. The first kappa shape index (κ1) is 22.9. The van der Waals surface area contributed by atoms with E-state index in [-0.39, 0.29) is 28.9 Å². The molecule has 5 nitrogen and oxygen atoms in total. The standard InChI is InChI=1S/C11H20O2.C10H18O3/c1-4-13-10(12)11(3)7-5-9(2)6-8-11;1-3-13-9(12)10(2)6-4-8(11)5-7-10/h9H,4-8H2,1-3H3;8,11H,3-7H2,1-2H3. The summed E-state index contributed by atoms with van der Waals surface area (Å²) in [6.07, 6.45) is 7.01. The number of carbonyl (C=O) groups excluding carboxylic acids is 2. The van der Waals surface area contributed by atoms with E-state index in [4.69, 9.17) is 9.47 Å². The molecule has 0 heterocycles.